The fourth-order valence-electron chi connectivity index (χ4n) is 3.42. The molecule has 6 heteroatoms. The van der Waals surface area contributed by atoms with Crippen LogP contribution in [-0.2, 0) is 23.9 Å². The Labute approximate surface area is 210 Å². The first-order valence-corrected chi connectivity index (χ1v) is 11.3. The van der Waals surface area contributed by atoms with Crippen molar-refractivity contribution in [1.82, 2.24) is 0 Å². The highest BCUT2D eigenvalue weighted by atomic mass is 16.5. The number of carbonyl (C=O) groups is 3. The molecule has 0 N–H and O–H groups in total. The van der Waals surface area contributed by atoms with Crippen LogP contribution in [-0.4, -0.2) is 31.6 Å². The van der Waals surface area contributed by atoms with Crippen molar-refractivity contribution < 1.29 is 28.6 Å². The fourth-order valence-corrected chi connectivity index (χ4v) is 3.42. The van der Waals surface area contributed by atoms with Crippen LogP contribution in [0.3, 0.4) is 0 Å². The van der Waals surface area contributed by atoms with Crippen LogP contribution in [0.4, 0.5) is 0 Å². The molecule has 0 radical (unpaired) electrons. The number of rotatable bonds is 11. The SMILES string of the molecule is C=C(C)C(=O)OCC(COC(=O)C(=C)C)c1ccc(-c2ccc(-c3ccc(OC=O)cc3)cc2)cc1. The van der Waals surface area contributed by atoms with Gasteiger partial charge in [-0.3, -0.25) is 4.79 Å². The van der Waals surface area contributed by atoms with E-state index in [0.717, 1.165) is 27.8 Å². The Bertz CT molecular complexity index is 1210. The van der Waals surface area contributed by atoms with E-state index in [-0.39, 0.29) is 19.1 Å². The summed E-state index contributed by atoms with van der Waals surface area (Å²) in [6, 6.07) is 23.2. The van der Waals surface area contributed by atoms with Gasteiger partial charge in [0.15, 0.2) is 0 Å². The normalized spacial score (nSPS) is 10.4. The van der Waals surface area contributed by atoms with Gasteiger partial charge in [0, 0.05) is 11.1 Å². The Kier molecular flexibility index (Phi) is 8.95. The highest BCUT2D eigenvalue weighted by Gasteiger charge is 2.18. The van der Waals surface area contributed by atoms with E-state index in [4.69, 9.17) is 14.2 Å². The molecule has 6 nitrogen and oxygen atoms in total. The van der Waals surface area contributed by atoms with E-state index < -0.39 is 11.9 Å². The summed E-state index contributed by atoms with van der Waals surface area (Å²) in [5.41, 5.74) is 5.56. The number of hydrogen-bond donors (Lipinski definition) is 0. The van der Waals surface area contributed by atoms with Gasteiger partial charge in [0.1, 0.15) is 19.0 Å². The van der Waals surface area contributed by atoms with Crippen LogP contribution < -0.4 is 4.74 Å². The van der Waals surface area contributed by atoms with Crippen molar-refractivity contribution in [2.75, 3.05) is 13.2 Å². The lowest BCUT2D eigenvalue weighted by Gasteiger charge is -2.18. The molecule has 0 amide bonds. The van der Waals surface area contributed by atoms with Gasteiger partial charge in [-0.2, -0.15) is 0 Å². The number of ether oxygens (including phenoxy) is 3. The van der Waals surface area contributed by atoms with E-state index >= 15 is 0 Å². The van der Waals surface area contributed by atoms with Crippen LogP contribution in [0.25, 0.3) is 22.3 Å². The number of carbonyl (C=O) groups excluding carboxylic acids is 3. The van der Waals surface area contributed by atoms with Crippen LogP contribution in [0.15, 0.2) is 97.1 Å². The van der Waals surface area contributed by atoms with Crippen molar-refractivity contribution in [2.45, 2.75) is 19.8 Å². The predicted octanol–water partition coefficient (Wildman–Crippen LogP) is 5.88. The summed E-state index contributed by atoms with van der Waals surface area (Å²) in [5, 5.41) is 0. The van der Waals surface area contributed by atoms with Gasteiger partial charge >= 0.3 is 11.9 Å². The summed E-state index contributed by atoms with van der Waals surface area (Å²) in [7, 11) is 0. The maximum atomic E-state index is 11.9. The van der Waals surface area contributed by atoms with Crippen molar-refractivity contribution >= 4 is 18.4 Å². The Morgan fingerprint density at radius 1 is 0.694 bits per heavy atom. The van der Waals surface area contributed by atoms with Crippen molar-refractivity contribution in [3.05, 3.63) is 103 Å². The maximum absolute atomic E-state index is 11.9. The predicted molar refractivity (Wildman–Crippen MR) is 138 cm³/mol. The minimum atomic E-state index is -0.492. The van der Waals surface area contributed by atoms with Crippen LogP contribution in [0.5, 0.6) is 5.75 Å². The molecule has 36 heavy (non-hydrogen) atoms. The fraction of sp³-hybridized carbons (Fsp3) is 0.167. The molecule has 0 saturated carbocycles. The number of benzene rings is 3. The molecule has 0 unspecified atom stereocenters. The highest BCUT2D eigenvalue weighted by Crippen LogP contribution is 2.28. The number of hydrogen-bond acceptors (Lipinski definition) is 6. The zero-order valence-corrected chi connectivity index (χ0v) is 20.4. The summed E-state index contributed by atoms with van der Waals surface area (Å²) in [5.74, 6) is -0.825. The van der Waals surface area contributed by atoms with Crippen LogP contribution >= 0.6 is 0 Å². The molecule has 0 spiro atoms. The van der Waals surface area contributed by atoms with Gasteiger partial charge < -0.3 is 14.2 Å². The highest BCUT2D eigenvalue weighted by molar-refractivity contribution is 5.87. The quantitative estimate of drug-likeness (QED) is 0.192. The standard InChI is InChI=1S/C30H28O6/c1-20(2)29(32)34-17-27(18-35-30(33)21(3)4)26-11-9-23(10-12-26)22-5-7-24(8-6-22)25-13-15-28(16-14-25)36-19-31/h5-16,19,27H,1,3,17-18H2,2,4H3. The molecule has 3 aromatic rings. The van der Waals surface area contributed by atoms with Crippen LogP contribution in [0, 0.1) is 0 Å². The van der Waals surface area contributed by atoms with Crippen LogP contribution in [0.1, 0.15) is 25.3 Å². The molecule has 0 aromatic heterocycles. The van der Waals surface area contributed by atoms with Gasteiger partial charge in [-0.1, -0.05) is 73.8 Å². The zero-order valence-electron chi connectivity index (χ0n) is 20.4. The van der Waals surface area contributed by atoms with E-state index in [1.165, 1.54) is 0 Å². The first kappa shape index (κ1) is 26.2. The summed E-state index contributed by atoms with van der Waals surface area (Å²) in [6.45, 7) is 10.9. The zero-order chi connectivity index (χ0) is 26.1. The summed E-state index contributed by atoms with van der Waals surface area (Å²) in [4.78, 5) is 34.2. The molecule has 0 saturated heterocycles. The van der Waals surface area contributed by atoms with Gasteiger partial charge in [0.05, 0.1) is 5.92 Å². The van der Waals surface area contributed by atoms with E-state index in [1.54, 1.807) is 26.0 Å². The molecular weight excluding hydrogens is 456 g/mol. The maximum Gasteiger partial charge on any atom is 0.333 e. The van der Waals surface area contributed by atoms with Crippen molar-refractivity contribution in [1.29, 1.82) is 0 Å². The monoisotopic (exact) mass is 484 g/mol. The van der Waals surface area contributed by atoms with Crippen molar-refractivity contribution in [3.63, 3.8) is 0 Å². The summed E-state index contributed by atoms with van der Waals surface area (Å²) < 4.78 is 15.5. The van der Waals surface area contributed by atoms with Gasteiger partial charge in [0.25, 0.3) is 6.47 Å². The minimum Gasteiger partial charge on any atom is -0.462 e. The minimum absolute atomic E-state index is 0.0554. The van der Waals surface area contributed by atoms with Crippen LogP contribution in [0.2, 0.25) is 0 Å². The average Bonchev–Trinajstić information content (AvgIpc) is 2.89. The second-order valence-corrected chi connectivity index (χ2v) is 8.39. The molecule has 0 aliphatic heterocycles. The molecule has 0 heterocycles. The summed E-state index contributed by atoms with van der Waals surface area (Å²) in [6.07, 6.45) is 0. The molecule has 0 bridgehead atoms. The van der Waals surface area contributed by atoms with E-state index in [9.17, 15) is 14.4 Å². The van der Waals surface area contributed by atoms with Gasteiger partial charge in [-0.25, -0.2) is 9.59 Å². The largest absolute Gasteiger partial charge is 0.462 e. The van der Waals surface area contributed by atoms with E-state index in [0.29, 0.717) is 23.4 Å². The Balaban J connectivity index is 1.74. The molecule has 3 aromatic carbocycles. The molecule has 0 aliphatic carbocycles. The Morgan fingerprint density at radius 2 is 1.06 bits per heavy atom. The molecule has 0 fully saturated rings. The molecule has 0 aliphatic rings. The second-order valence-electron chi connectivity index (χ2n) is 8.39. The van der Waals surface area contributed by atoms with E-state index in [1.807, 2.05) is 60.7 Å². The molecule has 0 atom stereocenters. The lowest BCUT2D eigenvalue weighted by Crippen LogP contribution is -2.20. The van der Waals surface area contributed by atoms with Gasteiger partial charge in [-0.15, -0.1) is 0 Å². The molecular formula is C30H28O6. The third-order valence-corrected chi connectivity index (χ3v) is 5.50. The molecule has 184 valence electrons. The molecule has 3 rings (SSSR count). The third kappa shape index (κ3) is 7.03. The topological polar surface area (TPSA) is 78.9 Å². The first-order valence-electron chi connectivity index (χ1n) is 11.3. The summed E-state index contributed by atoms with van der Waals surface area (Å²) >= 11 is 0. The average molecular weight is 485 g/mol. The smallest absolute Gasteiger partial charge is 0.333 e. The Morgan fingerprint density at radius 3 is 1.42 bits per heavy atom. The van der Waals surface area contributed by atoms with Crippen molar-refractivity contribution in [2.24, 2.45) is 0 Å². The first-order chi connectivity index (χ1) is 17.3. The van der Waals surface area contributed by atoms with Gasteiger partial charge in [0.2, 0.25) is 0 Å². The van der Waals surface area contributed by atoms with Gasteiger partial charge in [-0.05, 0) is 53.8 Å². The third-order valence-electron chi connectivity index (χ3n) is 5.50. The lowest BCUT2D eigenvalue weighted by molar-refractivity contribution is -0.142. The lowest BCUT2D eigenvalue weighted by atomic mass is 9.96. The number of esters is 2. The van der Waals surface area contributed by atoms with Crippen molar-refractivity contribution in [3.8, 4) is 28.0 Å². The Hall–Kier alpha value is -4.45. The second kappa shape index (κ2) is 12.3. The van der Waals surface area contributed by atoms with E-state index in [2.05, 4.69) is 13.2 Å².